The molecule has 0 unspecified atom stereocenters. The zero-order valence-electron chi connectivity index (χ0n) is 18.1. The Morgan fingerprint density at radius 2 is 2.06 bits per heavy atom. The number of likely N-dealkylation sites (tertiary alicyclic amines) is 1. The van der Waals surface area contributed by atoms with Crippen LogP contribution in [0.4, 0.5) is 0 Å². The molecule has 3 aromatic rings. The second-order valence-corrected chi connectivity index (χ2v) is 8.12. The molecule has 1 amide bonds. The first-order chi connectivity index (χ1) is 15.0. The van der Waals surface area contributed by atoms with Crippen molar-refractivity contribution in [3.05, 3.63) is 53.6 Å². The van der Waals surface area contributed by atoms with Crippen LogP contribution < -0.4 is 4.74 Å². The number of benzene rings is 2. The van der Waals surface area contributed by atoms with E-state index in [1.165, 1.54) is 0 Å². The lowest BCUT2D eigenvalue weighted by Gasteiger charge is -2.28. The van der Waals surface area contributed by atoms with Gasteiger partial charge in [-0.3, -0.25) is 4.79 Å². The summed E-state index contributed by atoms with van der Waals surface area (Å²) in [7, 11) is 1.62. The van der Waals surface area contributed by atoms with Gasteiger partial charge in [-0.1, -0.05) is 43.3 Å². The lowest BCUT2D eigenvalue weighted by Crippen LogP contribution is -2.32. The summed E-state index contributed by atoms with van der Waals surface area (Å²) in [5.41, 5.74) is 3.61. The summed E-state index contributed by atoms with van der Waals surface area (Å²) < 4.78 is 10.8. The van der Waals surface area contributed by atoms with Crippen LogP contribution in [-0.4, -0.2) is 52.9 Å². The van der Waals surface area contributed by atoms with Crippen molar-refractivity contribution in [2.75, 3.05) is 26.8 Å². The van der Waals surface area contributed by atoms with Gasteiger partial charge >= 0.3 is 0 Å². The second kappa shape index (κ2) is 8.51. The first kappa shape index (κ1) is 21.1. The first-order valence-corrected chi connectivity index (χ1v) is 10.5. The third-order valence-electron chi connectivity index (χ3n) is 5.97. The van der Waals surface area contributed by atoms with E-state index >= 15 is 0 Å². The van der Waals surface area contributed by atoms with Gasteiger partial charge < -0.3 is 19.3 Å². The molecule has 31 heavy (non-hydrogen) atoms. The van der Waals surface area contributed by atoms with Gasteiger partial charge in [0.15, 0.2) is 0 Å². The number of aromatic nitrogens is 2. The zero-order chi connectivity index (χ0) is 22.0. The van der Waals surface area contributed by atoms with Gasteiger partial charge in [-0.15, -0.1) is 0 Å². The number of methoxy groups -OCH3 is 1. The van der Waals surface area contributed by atoms with Crippen molar-refractivity contribution in [1.29, 1.82) is 0 Å². The largest absolute Gasteiger partial charge is 0.497 e. The van der Waals surface area contributed by atoms with Gasteiger partial charge in [0.2, 0.25) is 11.7 Å². The Labute approximate surface area is 181 Å². The van der Waals surface area contributed by atoms with Crippen molar-refractivity contribution in [1.82, 2.24) is 15.0 Å². The molecule has 0 spiro atoms. The average Bonchev–Trinajstić information content (AvgIpc) is 3.39. The fourth-order valence-electron chi connectivity index (χ4n) is 4.46. The van der Waals surface area contributed by atoms with Gasteiger partial charge in [0, 0.05) is 36.1 Å². The minimum atomic E-state index is -0.326. The molecule has 1 fully saturated rings. The highest BCUT2D eigenvalue weighted by atomic mass is 16.5. The molecule has 7 nitrogen and oxygen atoms in total. The van der Waals surface area contributed by atoms with Crippen LogP contribution in [0, 0.1) is 0 Å². The van der Waals surface area contributed by atoms with Gasteiger partial charge in [-0.05, 0) is 35.7 Å². The number of carbonyl (C=O) groups excluding carboxylic acids is 1. The van der Waals surface area contributed by atoms with Gasteiger partial charge in [0.25, 0.3) is 5.89 Å². The molecule has 1 saturated heterocycles. The highest BCUT2D eigenvalue weighted by molar-refractivity contribution is 5.81. The summed E-state index contributed by atoms with van der Waals surface area (Å²) in [5, 5.41) is 13.5. The molecule has 2 aromatic carbocycles. The predicted octanol–water partition coefficient (Wildman–Crippen LogP) is 3.46. The molecule has 1 aliphatic heterocycles. The first-order valence-electron chi connectivity index (χ1n) is 10.5. The van der Waals surface area contributed by atoms with Crippen LogP contribution in [0.15, 0.2) is 47.0 Å². The summed E-state index contributed by atoms with van der Waals surface area (Å²) in [6, 6.07) is 13.6. The van der Waals surface area contributed by atoms with Crippen LogP contribution in [0.1, 0.15) is 31.4 Å². The van der Waals surface area contributed by atoms with Crippen LogP contribution in [0.2, 0.25) is 0 Å². The third-order valence-corrected chi connectivity index (χ3v) is 5.97. The number of aliphatic hydroxyl groups is 1. The van der Waals surface area contributed by atoms with Crippen LogP contribution >= 0.6 is 0 Å². The predicted molar refractivity (Wildman–Crippen MR) is 117 cm³/mol. The molecule has 7 heteroatoms. The Bertz CT molecular complexity index is 1090. The van der Waals surface area contributed by atoms with E-state index < -0.39 is 0 Å². The SMILES string of the molecule is CCc1c(-c2noc(-c3cccc(OC)c3)n2)cccc1[C@@]1(C)CC(=O)N(CCO)C1. The number of ether oxygens (including phenoxy) is 1. The maximum atomic E-state index is 12.5. The van der Waals surface area contributed by atoms with Crippen molar-refractivity contribution in [2.45, 2.75) is 32.1 Å². The number of aliphatic hydroxyl groups excluding tert-OH is 1. The molecule has 0 radical (unpaired) electrons. The fourth-order valence-corrected chi connectivity index (χ4v) is 4.46. The van der Waals surface area contributed by atoms with Crippen molar-refractivity contribution in [3.63, 3.8) is 0 Å². The van der Waals surface area contributed by atoms with Crippen molar-refractivity contribution in [3.8, 4) is 28.6 Å². The van der Waals surface area contributed by atoms with E-state index in [0.29, 0.717) is 31.2 Å². The molecular formula is C24H27N3O4. The number of nitrogens with zero attached hydrogens (tertiary/aromatic N) is 3. The highest BCUT2D eigenvalue weighted by Crippen LogP contribution is 2.40. The van der Waals surface area contributed by atoms with E-state index in [1.54, 1.807) is 12.0 Å². The molecule has 1 aromatic heterocycles. The zero-order valence-corrected chi connectivity index (χ0v) is 18.1. The minimum Gasteiger partial charge on any atom is -0.497 e. The Kier molecular flexibility index (Phi) is 5.78. The Morgan fingerprint density at radius 3 is 2.81 bits per heavy atom. The molecule has 4 rings (SSSR count). The molecule has 2 heterocycles. The Hall–Kier alpha value is -3.19. The topological polar surface area (TPSA) is 88.7 Å². The maximum absolute atomic E-state index is 12.5. The lowest BCUT2D eigenvalue weighted by atomic mass is 9.77. The smallest absolute Gasteiger partial charge is 0.258 e. The molecule has 0 saturated carbocycles. The molecule has 1 atom stereocenters. The summed E-state index contributed by atoms with van der Waals surface area (Å²) >= 11 is 0. The van der Waals surface area contributed by atoms with Crippen LogP contribution in [-0.2, 0) is 16.6 Å². The summed E-state index contributed by atoms with van der Waals surface area (Å²) in [6.45, 7) is 5.13. The van der Waals surface area contributed by atoms with E-state index in [1.807, 2.05) is 36.4 Å². The molecule has 162 valence electrons. The van der Waals surface area contributed by atoms with Gasteiger partial charge in [0.05, 0.1) is 13.7 Å². The average molecular weight is 421 g/mol. The van der Waals surface area contributed by atoms with Crippen molar-refractivity contribution >= 4 is 5.91 Å². The van der Waals surface area contributed by atoms with Gasteiger partial charge in [-0.2, -0.15) is 4.98 Å². The van der Waals surface area contributed by atoms with Crippen LogP contribution in [0.3, 0.4) is 0 Å². The second-order valence-electron chi connectivity index (χ2n) is 8.12. The van der Waals surface area contributed by atoms with Crippen molar-refractivity contribution < 1.29 is 19.2 Å². The van der Waals surface area contributed by atoms with E-state index in [2.05, 4.69) is 30.1 Å². The highest BCUT2D eigenvalue weighted by Gasteiger charge is 2.41. The number of carbonyl (C=O) groups is 1. The van der Waals surface area contributed by atoms with Crippen LogP contribution in [0.25, 0.3) is 22.8 Å². The molecule has 0 bridgehead atoms. The Morgan fingerprint density at radius 1 is 1.26 bits per heavy atom. The number of hydrogen-bond donors (Lipinski definition) is 1. The number of amides is 1. The summed E-state index contributed by atoms with van der Waals surface area (Å²) in [4.78, 5) is 18.9. The third kappa shape index (κ3) is 3.93. The maximum Gasteiger partial charge on any atom is 0.258 e. The molecule has 0 aliphatic carbocycles. The molecular weight excluding hydrogens is 394 g/mol. The van der Waals surface area contributed by atoms with E-state index in [4.69, 9.17) is 9.26 Å². The quantitative estimate of drug-likeness (QED) is 0.629. The van der Waals surface area contributed by atoms with E-state index in [9.17, 15) is 9.90 Å². The van der Waals surface area contributed by atoms with E-state index in [-0.39, 0.29) is 17.9 Å². The normalized spacial score (nSPS) is 18.6. The molecule has 1 N–H and O–H groups in total. The summed E-state index contributed by atoms with van der Waals surface area (Å²) in [5.74, 6) is 1.75. The van der Waals surface area contributed by atoms with Crippen LogP contribution in [0.5, 0.6) is 5.75 Å². The Balaban J connectivity index is 1.71. The van der Waals surface area contributed by atoms with Gasteiger partial charge in [-0.25, -0.2) is 0 Å². The fraction of sp³-hybridized carbons (Fsp3) is 0.375. The monoisotopic (exact) mass is 421 g/mol. The minimum absolute atomic E-state index is 0.0294. The summed E-state index contributed by atoms with van der Waals surface area (Å²) in [6.07, 6.45) is 1.20. The lowest BCUT2D eigenvalue weighted by molar-refractivity contribution is -0.128. The standard InChI is InChI=1S/C24H27N3O4/c1-4-18-19(22-25-23(31-26-22)16-7-5-8-17(13-16)30-3)9-6-10-20(18)24(2)14-21(29)27(15-24)11-12-28/h5-10,13,28H,4,11-12,14-15H2,1-3H3/t24-/m0/s1. The van der Waals surface area contributed by atoms with E-state index in [0.717, 1.165) is 34.4 Å². The molecule has 1 aliphatic rings. The number of β-amino-alcohol motifs (C(OH)–C–C–N with tert-alkyl or cyclic N) is 1. The van der Waals surface area contributed by atoms with Crippen molar-refractivity contribution in [2.24, 2.45) is 0 Å². The number of hydrogen-bond acceptors (Lipinski definition) is 6. The number of rotatable bonds is 7. The van der Waals surface area contributed by atoms with Gasteiger partial charge in [0.1, 0.15) is 5.75 Å².